The molecule has 0 unspecified atom stereocenters. The first kappa shape index (κ1) is 19.0. The van der Waals surface area contributed by atoms with Crippen LogP contribution in [0.2, 0.25) is 5.02 Å². The molecule has 0 bridgehead atoms. The molecule has 0 atom stereocenters. The fourth-order valence-electron chi connectivity index (χ4n) is 2.77. The van der Waals surface area contributed by atoms with Gasteiger partial charge in [-0.25, -0.2) is 0 Å². The van der Waals surface area contributed by atoms with Crippen LogP contribution in [0.15, 0.2) is 53.7 Å². The van der Waals surface area contributed by atoms with Crippen molar-refractivity contribution in [3.05, 3.63) is 64.7 Å². The summed E-state index contributed by atoms with van der Waals surface area (Å²) in [7, 11) is 0. The molecule has 26 heavy (non-hydrogen) atoms. The van der Waals surface area contributed by atoms with E-state index in [1.165, 1.54) is 5.56 Å². The lowest BCUT2D eigenvalue weighted by Crippen LogP contribution is -2.10. The van der Waals surface area contributed by atoms with Crippen LogP contribution in [0.25, 0.3) is 11.4 Å². The van der Waals surface area contributed by atoms with Crippen molar-refractivity contribution in [3.63, 3.8) is 0 Å². The summed E-state index contributed by atoms with van der Waals surface area (Å²) in [5.74, 6) is 1.69. The van der Waals surface area contributed by atoms with Crippen LogP contribution in [0.4, 0.5) is 0 Å². The van der Waals surface area contributed by atoms with Gasteiger partial charge in [0, 0.05) is 22.9 Å². The summed E-state index contributed by atoms with van der Waals surface area (Å²) in [6.45, 7) is 9.62. The number of aromatic nitrogens is 3. The maximum absolute atomic E-state index is 6.26. The molecule has 3 rings (SSSR count). The molecule has 0 N–H and O–H groups in total. The van der Waals surface area contributed by atoms with Crippen molar-refractivity contribution in [3.8, 4) is 11.4 Å². The van der Waals surface area contributed by atoms with E-state index in [0.717, 1.165) is 39.4 Å². The van der Waals surface area contributed by atoms with E-state index in [0.29, 0.717) is 0 Å². The minimum absolute atomic E-state index is 0.146. The molecule has 2 aromatic carbocycles. The molecule has 0 spiro atoms. The van der Waals surface area contributed by atoms with E-state index in [1.807, 2.05) is 24.3 Å². The SMILES string of the molecule is CCn1c(SCc2ccccc2Cl)nnc1-c1ccc(C(C)(C)C)cc1. The molecule has 3 aromatic rings. The minimum Gasteiger partial charge on any atom is -0.302 e. The first-order valence-electron chi connectivity index (χ1n) is 8.80. The monoisotopic (exact) mass is 385 g/mol. The highest BCUT2D eigenvalue weighted by molar-refractivity contribution is 7.98. The topological polar surface area (TPSA) is 30.7 Å². The van der Waals surface area contributed by atoms with Gasteiger partial charge in [-0.15, -0.1) is 10.2 Å². The van der Waals surface area contributed by atoms with Gasteiger partial charge in [-0.05, 0) is 29.5 Å². The Bertz CT molecular complexity index is 879. The number of hydrogen-bond donors (Lipinski definition) is 0. The molecule has 0 saturated heterocycles. The largest absolute Gasteiger partial charge is 0.302 e. The van der Waals surface area contributed by atoms with Crippen molar-refractivity contribution in [2.24, 2.45) is 0 Å². The van der Waals surface area contributed by atoms with Gasteiger partial charge in [-0.2, -0.15) is 0 Å². The maximum Gasteiger partial charge on any atom is 0.191 e. The van der Waals surface area contributed by atoms with E-state index < -0.39 is 0 Å². The first-order chi connectivity index (χ1) is 12.4. The molecule has 0 amide bonds. The molecule has 5 heteroatoms. The van der Waals surface area contributed by atoms with Gasteiger partial charge in [0.05, 0.1) is 0 Å². The predicted octanol–water partition coefficient (Wildman–Crippen LogP) is 6.21. The van der Waals surface area contributed by atoms with E-state index in [1.54, 1.807) is 11.8 Å². The number of benzene rings is 2. The Balaban J connectivity index is 1.83. The molecule has 0 saturated carbocycles. The van der Waals surface area contributed by atoms with Gasteiger partial charge in [-0.1, -0.05) is 86.6 Å². The number of nitrogens with zero attached hydrogens (tertiary/aromatic N) is 3. The second kappa shape index (κ2) is 7.85. The molecule has 3 nitrogen and oxygen atoms in total. The Kier molecular flexibility index (Phi) is 5.73. The number of thioether (sulfide) groups is 1. The fraction of sp³-hybridized carbons (Fsp3) is 0.333. The molecule has 1 heterocycles. The average Bonchev–Trinajstić information content (AvgIpc) is 3.03. The summed E-state index contributed by atoms with van der Waals surface area (Å²) in [5, 5.41) is 10.6. The van der Waals surface area contributed by atoms with Crippen molar-refractivity contribution < 1.29 is 0 Å². The van der Waals surface area contributed by atoms with E-state index in [4.69, 9.17) is 11.6 Å². The quantitative estimate of drug-likeness (QED) is 0.489. The normalized spacial score (nSPS) is 11.7. The van der Waals surface area contributed by atoms with Crippen molar-refractivity contribution in [1.82, 2.24) is 14.8 Å². The third-order valence-electron chi connectivity index (χ3n) is 4.36. The van der Waals surface area contributed by atoms with Gasteiger partial charge in [0.2, 0.25) is 0 Å². The van der Waals surface area contributed by atoms with Gasteiger partial charge in [0.15, 0.2) is 11.0 Å². The van der Waals surface area contributed by atoms with Crippen molar-refractivity contribution in [2.75, 3.05) is 0 Å². The van der Waals surface area contributed by atoms with Crippen LogP contribution in [-0.2, 0) is 17.7 Å². The highest BCUT2D eigenvalue weighted by Crippen LogP contribution is 2.30. The van der Waals surface area contributed by atoms with E-state index in [2.05, 4.69) is 66.7 Å². The second-order valence-electron chi connectivity index (χ2n) is 7.26. The Morgan fingerprint density at radius 2 is 1.69 bits per heavy atom. The molecule has 1 aromatic heterocycles. The summed E-state index contributed by atoms with van der Waals surface area (Å²) >= 11 is 7.93. The molecule has 136 valence electrons. The zero-order valence-electron chi connectivity index (χ0n) is 15.7. The van der Waals surface area contributed by atoms with Crippen LogP contribution >= 0.6 is 23.4 Å². The van der Waals surface area contributed by atoms with E-state index in [-0.39, 0.29) is 5.41 Å². The molecular formula is C21H24ClN3S. The zero-order valence-corrected chi connectivity index (χ0v) is 17.2. The van der Waals surface area contributed by atoms with Gasteiger partial charge >= 0.3 is 0 Å². The Labute approximate surface area is 164 Å². The third-order valence-corrected chi connectivity index (χ3v) is 5.74. The average molecular weight is 386 g/mol. The summed E-state index contributed by atoms with van der Waals surface area (Å²) in [5.41, 5.74) is 3.67. The highest BCUT2D eigenvalue weighted by atomic mass is 35.5. The summed E-state index contributed by atoms with van der Waals surface area (Å²) in [4.78, 5) is 0. The van der Waals surface area contributed by atoms with Gasteiger partial charge in [0.1, 0.15) is 0 Å². The molecule has 0 fully saturated rings. The van der Waals surface area contributed by atoms with Crippen LogP contribution in [0.5, 0.6) is 0 Å². The highest BCUT2D eigenvalue weighted by Gasteiger charge is 2.16. The Morgan fingerprint density at radius 1 is 1.00 bits per heavy atom. The molecule has 0 aliphatic heterocycles. The van der Waals surface area contributed by atoms with Crippen LogP contribution in [-0.4, -0.2) is 14.8 Å². The number of halogens is 1. The van der Waals surface area contributed by atoms with Crippen molar-refractivity contribution in [1.29, 1.82) is 0 Å². The maximum atomic E-state index is 6.26. The standard InChI is InChI=1S/C21H24ClN3S/c1-5-25-19(15-10-12-17(13-11-15)21(2,3)4)23-24-20(25)26-14-16-8-6-7-9-18(16)22/h6-13H,5,14H2,1-4H3. The number of hydrogen-bond acceptors (Lipinski definition) is 3. The Morgan fingerprint density at radius 3 is 2.31 bits per heavy atom. The zero-order chi connectivity index (χ0) is 18.7. The fourth-order valence-corrected chi connectivity index (χ4v) is 4.06. The molecule has 0 aliphatic carbocycles. The molecule has 0 aliphatic rings. The molecule has 0 radical (unpaired) electrons. The lowest BCUT2D eigenvalue weighted by molar-refractivity contribution is 0.590. The van der Waals surface area contributed by atoms with Crippen LogP contribution < -0.4 is 0 Å². The van der Waals surface area contributed by atoms with Gasteiger partial charge in [0.25, 0.3) is 0 Å². The minimum atomic E-state index is 0.146. The van der Waals surface area contributed by atoms with E-state index >= 15 is 0 Å². The predicted molar refractivity (Wildman–Crippen MR) is 111 cm³/mol. The summed E-state index contributed by atoms with van der Waals surface area (Å²) in [6.07, 6.45) is 0. The Hall–Kier alpha value is -1.78. The third kappa shape index (κ3) is 4.13. The summed E-state index contributed by atoms with van der Waals surface area (Å²) in [6, 6.07) is 16.6. The van der Waals surface area contributed by atoms with Gasteiger partial charge < -0.3 is 4.57 Å². The van der Waals surface area contributed by atoms with Crippen molar-refractivity contribution in [2.45, 2.75) is 50.6 Å². The second-order valence-corrected chi connectivity index (χ2v) is 8.61. The smallest absolute Gasteiger partial charge is 0.191 e. The lowest BCUT2D eigenvalue weighted by Gasteiger charge is -2.19. The van der Waals surface area contributed by atoms with Crippen LogP contribution in [0.3, 0.4) is 0 Å². The number of rotatable bonds is 5. The van der Waals surface area contributed by atoms with Crippen LogP contribution in [0, 0.1) is 0 Å². The van der Waals surface area contributed by atoms with E-state index in [9.17, 15) is 0 Å². The molecular weight excluding hydrogens is 362 g/mol. The van der Waals surface area contributed by atoms with Gasteiger partial charge in [-0.3, -0.25) is 0 Å². The lowest BCUT2D eigenvalue weighted by atomic mass is 9.87. The van der Waals surface area contributed by atoms with Crippen LogP contribution in [0.1, 0.15) is 38.8 Å². The van der Waals surface area contributed by atoms with Crippen molar-refractivity contribution >= 4 is 23.4 Å². The summed E-state index contributed by atoms with van der Waals surface area (Å²) < 4.78 is 2.16. The first-order valence-corrected chi connectivity index (χ1v) is 10.2.